The van der Waals surface area contributed by atoms with Crippen LogP contribution in [-0.2, 0) is 10.0 Å². The predicted octanol–water partition coefficient (Wildman–Crippen LogP) is 3.08. The molecule has 2 aromatic rings. The van der Waals surface area contributed by atoms with Crippen LogP contribution in [-0.4, -0.2) is 15.0 Å². The molecule has 2 aromatic carbocycles. The molecule has 0 aliphatic heterocycles. The van der Waals surface area contributed by atoms with Crippen molar-refractivity contribution < 1.29 is 8.42 Å². The lowest BCUT2D eigenvalue weighted by Gasteiger charge is -2.08. The maximum absolute atomic E-state index is 12.3. The van der Waals surface area contributed by atoms with Crippen LogP contribution in [0.1, 0.15) is 13.3 Å². The molecule has 0 amide bonds. The molecule has 0 atom stereocenters. The van der Waals surface area contributed by atoms with Gasteiger partial charge in [-0.05, 0) is 24.8 Å². The highest BCUT2D eigenvalue weighted by Crippen LogP contribution is 2.22. The van der Waals surface area contributed by atoms with Gasteiger partial charge in [0.05, 0.1) is 4.90 Å². The van der Waals surface area contributed by atoms with E-state index >= 15 is 0 Å². The standard InChI is InChI=1S/C15H17NO2S/c1-2-3-6-12-16-19(17,18)15-11-7-9-13-8-4-5-10-14(13)15/h2-5,7-11,16H,6,12H2,1H3/b3-2+. The van der Waals surface area contributed by atoms with Gasteiger partial charge in [0.25, 0.3) is 0 Å². The van der Waals surface area contributed by atoms with E-state index in [0.29, 0.717) is 17.9 Å². The van der Waals surface area contributed by atoms with Crippen LogP contribution in [0.4, 0.5) is 0 Å². The number of benzene rings is 2. The zero-order valence-corrected chi connectivity index (χ0v) is 11.7. The van der Waals surface area contributed by atoms with Gasteiger partial charge in [-0.3, -0.25) is 0 Å². The molecule has 2 rings (SSSR count). The molecule has 0 heterocycles. The summed E-state index contributed by atoms with van der Waals surface area (Å²) >= 11 is 0. The van der Waals surface area contributed by atoms with Gasteiger partial charge in [-0.2, -0.15) is 0 Å². The Kier molecular flexibility index (Phi) is 4.35. The summed E-state index contributed by atoms with van der Waals surface area (Å²) in [5, 5.41) is 1.68. The summed E-state index contributed by atoms with van der Waals surface area (Å²) in [6.45, 7) is 2.33. The molecule has 100 valence electrons. The first-order valence-corrected chi connectivity index (χ1v) is 7.72. The van der Waals surface area contributed by atoms with Gasteiger partial charge in [-0.25, -0.2) is 13.1 Å². The quantitative estimate of drug-likeness (QED) is 0.673. The molecular formula is C15H17NO2S. The maximum Gasteiger partial charge on any atom is 0.241 e. The van der Waals surface area contributed by atoms with Gasteiger partial charge < -0.3 is 0 Å². The van der Waals surface area contributed by atoms with Crippen LogP contribution in [0.15, 0.2) is 59.5 Å². The fraction of sp³-hybridized carbons (Fsp3) is 0.200. The summed E-state index contributed by atoms with van der Waals surface area (Å²) < 4.78 is 27.2. The smallest absolute Gasteiger partial charge is 0.211 e. The summed E-state index contributed by atoms with van der Waals surface area (Å²) in [5.74, 6) is 0. The van der Waals surface area contributed by atoms with Gasteiger partial charge in [-0.1, -0.05) is 48.6 Å². The van der Waals surface area contributed by atoms with E-state index < -0.39 is 10.0 Å². The highest BCUT2D eigenvalue weighted by Gasteiger charge is 2.15. The molecule has 0 saturated heterocycles. The summed E-state index contributed by atoms with van der Waals surface area (Å²) in [4.78, 5) is 0.339. The van der Waals surface area contributed by atoms with Gasteiger partial charge in [0.15, 0.2) is 0 Å². The summed E-state index contributed by atoms with van der Waals surface area (Å²) in [7, 11) is -3.45. The van der Waals surface area contributed by atoms with E-state index in [9.17, 15) is 8.42 Å². The highest BCUT2D eigenvalue weighted by molar-refractivity contribution is 7.89. The van der Waals surface area contributed by atoms with E-state index in [1.807, 2.05) is 49.4 Å². The number of hydrogen-bond acceptors (Lipinski definition) is 2. The SMILES string of the molecule is C/C=C/CCNS(=O)(=O)c1cccc2ccccc12. The van der Waals surface area contributed by atoms with E-state index in [1.54, 1.807) is 12.1 Å². The lowest BCUT2D eigenvalue weighted by atomic mass is 10.1. The number of hydrogen-bond donors (Lipinski definition) is 1. The normalized spacial score (nSPS) is 12.3. The second kappa shape index (κ2) is 5.99. The van der Waals surface area contributed by atoms with Crippen LogP contribution in [0.25, 0.3) is 10.8 Å². The molecule has 0 saturated carbocycles. The third-order valence-corrected chi connectivity index (χ3v) is 4.40. The number of rotatable bonds is 5. The molecule has 0 bridgehead atoms. The first-order valence-electron chi connectivity index (χ1n) is 6.24. The zero-order valence-electron chi connectivity index (χ0n) is 10.8. The van der Waals surface area contributed by atoms with Crippen LogP contribution in [0, 0.1) is 0 Å². The van der Waals surface area contributed by atoms with Gasteiger partial charge in [-0.15, -0.1) is 0 Å². The van der Waals surface area contributed by atoms with Crippen LogP contribution in [0.2, 0.25) is 0 Å². The van der Waals surface area contributed by atoms with Gasteiger partial charge >= 0.3 is 0 Å². The first-order chi connectivity index (χ1) is 9.15. The van der Waals surface area contributed by atoms with Crippen molar-refractivity contribution in [3.8, 4) is 0 Å². The molecule has 0 aromatic heterocycles. The number of sulfonamides is 1. The molecular weight excluding hydrogens is 258 g/mol. The van der Waals surface area contributed by atoms with E-state index in [4.69, 9.17) is 0 Å². The molecule has 1 N–H and O–H groups in total. The van der Waals surface area contributed by atoms with Crippen LogP contribution < -0.4 is 4.72 Å². The van der Waals surface area contributed by atoms with Crippen molar-refractivity contribution in [1.29, 1.82) is 0 Å². The van der Waals surface area contributed by atoms with Crippen molar-refractivity contribution in [2.24, 2.45) is 0 Å². The van der Waals surface area contributed by atoms with E-state index in [1.165, 1.54) is 0 Å². The maximum atomic E-state index is 12.3. The Bertz CT molecular complexity index is 685. The largest absolute Gasteiger partial charge is 0.241 e. The Morgan fingerprint density at radius 2 is 1.84 bits per heavy atom. The van der Waals surface area contributed by atoms with Crippen molar-refractivity contribution >= 4 is 20.8 Å². The second-order valence-electron chi connectivity index (χ2n) is 4.23. The first kappa shape index (κ1) is 13.8. The Morgan fingerprint density at radius 1 is 1.11 bits per heavy atom. The third-order valence-electron chi connectivity index (χ3n) is 2.88. The van der Waals surface area contributed by atoms with Crippen molar-refractivity contribution in [2.45, 2.75) is 18.2 Å². The van der Waals surface area contributed by atoms with Crippen molar-refractivity contribution in [1.82, 2.24) is 4.72 Å². The Morgan fingerprint density at radius 3 is 2.63 bits per heavy atom. The van der Waals surface area contributed by atoms with Crippen LogP contribution in [0.3, 0.4) is 0 Å². The molecule has 0 spiro atoms. The number of fused-ring (bicyclic) bond motifs is 1. The zero-order chi connectivity index (χ0) is 13.7. The lowest BCUT2D eigenvalue weighted by Crippen LogP contribution is -2.24. The fourth-order valence-electron chi connectivity index (χ4n) is 1.95. The van der Waals surface area contributed by atoms with E-state index in [2.05, 4.69) is 4.72 Å². The predicted molar refractivity (Wildman–Crippen MR) is 78.6 cm³/mol. The second-order valence-corrected chi connectivity index (χ2v) is 5.97. The fourth-order valence-corrected chi connectivity index (χ4v) is 3.23. The van der Waals surface area contributed by atoms with Crippen LogP contribution >= 0.6 is 0 Å². The van der Waals surface area contributed by atoms with Gasteiger partial charge in [0.1, 0.15) is 0 Å². The van der Waals surface area contributed by atoms with E-state index in [-0.39, 0.29) is 0 Å². The molecule has 3 nitrogen and oxygen atoms in total. The van der Waals surface area contributed by atoms with Crippen LogP contribution in [0.5, 0.6) is 0 Å². The monoisotopic (exact) mass is 275 g/mol. The molecule has 0 fully saturated rings. The van der Waals surface area contributed by atoms with Crippen molar-refractivity contribution in [3.63, 3.8) is 0 Å². The minimum atomic E-state index is -3.45. The number of allylic oxidation sites excluding steroid dienone is 1. The van der Waals surface area contributed by atoms with Crippen molar-refractivity contribution in [3.05, 3.63) is 54.6 Å². The average Bonchev–Trinajstić information content (AvgIpc) is 2.43. The average molecular weight is 275 g/mol. The minimum Gasteiger partial charge on any atom is -0.211 e. The van der Waals surface area contributed by atoms with E-state index in [0.717, 1.165) is 10.8 Å². The Hall–Kier alpha value is -1.65. The van der Waals surface area contributed by atoms with Crippen molar-refractivity contribution in [2.75, 3.05) is 6.54 Å². The molecule has 19 heavy (non-hydrogen) atoms. The topological polar surface area (TPSA) is 46.2 Å². The lowest BCUT2D eigenvalue weighted by molar-refractivity contribution is 0.583. The third kappa shape index (κ3) is 3.22. The number of nitrogens with one attached hydrogen (secondary N) is 1. The Labute approximate surface area is 114 Å². The van der Waals surface area contributed by atoms with Gasteiger partial charge in [0, 0.05) is 11.9 Å². The summed E-state index contributed by atoms with van der Waals surface area (Å²) in [6, 6.07) is 12.8. The molecule has 0 radical (unpaired) electrons. The summed E-state index contributed by atoms with van der Waals surface area (Å²) in [6.07, 6.45) is 4.54. The van der Waals surface area contributed by atoms with Gasteiger partial charge in [0.2, 0.25) is 10.0 Å². The Balaban J connectivity index is 2.32. The molecule has 0 aliphatic rings. The highest BCUT2D eigenvalue weighted by atomic mass is 32.2. The molecule has 0 unspecified atom stereocenters. The summed E-state index contributed by atoms with van der Waals surface area (Å²) in [5.41, 5.74) is 0. The molecule has 4 heteroatoms. The minimum absolute atomic E-state index is 0.339. The molecule has 0 aliphatic carbocycles.